The molecule has 0 heterocycles. The first kappa shape index (κ1) is 17.3. The van der Waals surface area contributed by atoms with Gasteiger partial charge in [0.05, 0.1) is 0 Å². The van der Waals surface area contributed by atoms with Crippen LogP contribution >= 0.6 is 10.7 Å². The van der Waals surface area contributed by atoms with Gasteiger partial charge in [-0.2, -0.15) is 0 Å². The summed E-state index contributed by atoms with van der Waals surface area (Å²) in [5, 5.41) is 0. The summed E-state index contributed by atoms with van der Waals surface area (Å²) in [6.45, 7) is 0. The van der Waals surface area contributed by atoms with Gasteiger partial charge < -0.3 is 13.5 Å². The fourth-order valence-electron chi connectivity index (χ4n) is 0. The van der Waals surface area contributed by atoms with Crippen molar-refractivity contribution in [2.45, 2.75) is 0 Å². The van der Waals surface area contributed by atoms with Crippen LogP contribution in [-0.2, 0) is 46.8 Å². The molecule has 0 aliphatic heterocycles. The number of rotatable bonds is 0. The average Bonchev–Trinajstić information content (AvgIpc) is 1.00. The second-order valence-corrected chi connectivity index (χ2v) is 0. The fourth-order valence-corrected chi connectivity index (χ4v) is 0. The van der Waals surface area contributed by atoms with Crippen LogP contribution in [0, 0.1) is 0 Å². The Hall–Kier alpha value is 1.69. The van der Waals surface area contributed by atoms with Crippen molar-refractivity contribution in [3.8, 4) is 0 Å². The van der Waals surface area contributed by atoms with Crippen molar-refractivity contribution in [2.75, 3.05) is 0 Å². The standard InChI is InChI=1S/Ni.2S.Zn/q;;-2;+2. The Kier molecular flexibility index (Phi) is 96.9. The van der Waals surface area contributed by atoms with E-state index in [0.717, 1.165) is 0 Å². The van der Waals surface area contributed by atoms with E-state index in [0.29, 0.717) is 0 Å². The van der Waals surface area contributed by atoms with Crippen LogP contribution in [-0.4, -0.2) is 0 Å². The normalized spacial score (nSPS) is 1.50. The Morgan fingerprint density at radius 2 is 1.25 bits per heavy atom. The third kappa shape index (κ3) is 9.35. The zero-order valence-corrected chi connectivity index (χ0v) is 7.43. The molecule has 0 nitrogen and oxygen atoms in total. The van der Waals surface area contributed by atoms with Crippen molar-refractivity contribution in [2.24, 2.45) is 0 Å². The molecule has 4 heteroatoms. The van der Waals surface area contributed by atoms with Crippen molar-refractivity contribution in [3.63, 3.8) is 0 Å². The first-order valence-electron chi connectivity index (χ1n) is 0.129. The summed E-state index contributed by atoms with van der Waals surface area (Å²) in [6.07, 6.45) is 0. The van der Waals surface area contributed by atoms with E-state index in [4.69, 9.17) is 0 Å². The predicted molar refractivity (Wildman–Crippen MR) is 15.0 cm³/mol. The van der Waals surface area contributed by atoms with Gasteiger partial charge in [-0.05, 0) is 0 Å². The van der Waals surface area contributed by atoms with Crippen LogP contribution in [0.25, 0.3) is 0 Å². The van der Waals surface area contributed by atoms with Gasteiger partial charge in [-0.1, -0.05) is 0 Å². The second-order valence-electron chi connectivity index (χ2n) is 0. The van der Waals surface area contributed by atoms with Gasteiger partial charge in [0.15, 0.2) is 0 Å². The summed E-state index contributed by atoms with van der Waals surface area (Å²) in [7, 11) is 3.71. The maximum absolute atomic E-state index is 3.71. The van der Waals surface area contributed by atoms with Crippen LogP contribution in [0.4, 0.5) is 0 Å². The minimum Gasteiger partial charge on any atom is 2.00 e. The molecule has 0 aromatic carbocycles. The SMILES string of the molecule is [S-2].[S]=[Ni].[Zn+2]. The Labute approximate surface area is 57.2 Å². The van der Waals surface area contributed by atoms with Crippen molar-refractivity contribution in [3.05, 3.63) is 0 Å². The summed E-state index contributed by atoms with van der Waals surface area (Å²) in [5.41, 5.74) is 0. The Balaban J connectivity index is -0.00000000500. The van der Waals surface area contributed by atoms with Gasteiger partial charge in [-0.25, -0.2) is 0 Å². The quantitative estimate of drug-likeness (QED) is 0.503. The van der Waals surface area contributed by atoms with E-state index in [-0.39, 0.29) is 33.0 Å². The third-order valence-electron chi connectivity index (χ3n) is 0. The van der Waals surface area contributed by atoms with Crippen LogP contribution in [0.2, 0.25) is 0 Å². The predicted octanol–water partition coefficient (Wildman–Crippen LogP) is 0.641. The first-order valence-corrected chi connectivity index (χ1v) is 1.60. The van der Waals surface area contributed by atoms with Crippen molar-refractivity contribution in [1.82, 2.24) is 0 Å². The van der Waals surface area contributed by atoms with Crippen LogP contribution in [0.3, 0.4) is 0 Å². The van der Waals surface area contributed by atoms with E-state index in [1.807, 2.05) is 0 Å². The molecule has 0 aromatic heterocycles. The Bertz CT molecular complexity index is 6.00. The van der Waals surface area contributed by atoms with E-state index >= 15 is 0 Å². The van der Waals surface area contributed by atoms with E-state index in [1.165, 1.54) is 0 Å². The molecule has 0 aromatic rings. The van der Waals surface area contributed by atoms with Crippen molar-refractivity contribution < 1.29 is 33.3 Å². The second kappa shape index (κ2) is 22.4. The Morgan fingerprint density at radius 1 is 1.25 bits per heavy atom. The van der Waals surface area contributed by atoms with E-state index < -0.39 is 0 Å². The summed E-state index contributed by atoms with van der Waals surface area (Å²) in [5.74, 6) is 0. The van der Waals surface area contributed by atoms with Crippen molar-refractivity contribution in [1.29, 1.82) is 0 Å². The van der Waals surface area contributed by atoms with Gasteiger partial charge >= 0.3 is 44.0 Å². The molecule has 24 valence electrons. The third-order valence-corrected chi connectivity index (χ3v) is 0. The zero-order chi connectivity index (χ0) is 2.00. The van der Waals surface area contributed by atoms with Crippen LogP contribution in [0.15, 0.2) is 0 Å². The summed E-state index contributed by atoms with van der Waals surface area (Å²) in [4.78, 5) is 0. The molecule has 0 N–H and O–H groups in total. The topological polar surface area (TPSA) is 0 Å². The smallest absolute Gasteiger partial charge is 2.00 e. The van der Waals surface area contributed by atoms with E-state index in [2.05, 4.69) is 24.5 Å². The maximum atomic E-state index is 3.71. The molecule has 0 atom stereocenters. The van der Waals surface area contributed by atoms with Gasteiger partial charge in [0.1, 0.15) is 0 Å². The number of hydrogen-bond donors (Lipinski definition) is 0. The van der Waals surface area contributed by atoms with Crippen LogP contribution in [0.1, 0.15) is 0 Å². The molecule has 4 heavy (non-hydrogen) atoms. The molecule has 0 unspecified atom stereocenters. The largest absolute Gasteiger partial charge is 2.00 e. The molecule has 0 amide bonds. The molecule has 0 rings (SSSR count). The van der Waals surface area contributed by atoms with E-state index in [1.54, 1.807) is 0 Å². The molecule has 0 saturated heterocycles. The van der Waals surface area contributed by atoms with Gasteiger partial charge in [-0.15, -0.1) is 0 Å². The van der Waals surface area contributed by atoms with Gasteiger partial charge in [0.25, 0.3) is 0 Å². The monoisotopic (exact) mass is 186 g/mol. The molecule has 0 aliphatic rings. The molecule has 0 aliphatic carbocycles. The zero-order valence-electron chi connectivity index (χ0n) is 1.84. The average molecular weight is 188 g/mol. The minimum atomic E-state index is 0. The Morgan fingerprint density at radius 3 is 1.25 bits per heavy atom. The summed E-state index contributed by atoms with van der Waals surface area (Å²) >= 11 is 3.46. The number of hydrogen-bond acceptors (Lipinski definition) is 1. The molecule has 0 radical (unpaired) electrons. The van der Waals surface area contributed by atoms with Gasteiger partial charge in [-0.3, -0.25) is 0 Å². The van der Waals surface area contributed by atoms with E-state index in [9.17, 15) is 0 Å². The van der Waals surface area contributed by atoms with Crippen molar-refractivity contribution >= 4 is 24.2 Å². The van der Waals surface area contributed by atoms with Crippen LogP contribution < -0.4 is 0 Å². The minimum absolute atomic E-state index is 0. The molecule has 0 saturated carbocycles. The maximum Gasteiger partial charge on any atom is 2.00 e. The van der Waals surface area contributed by atoms with Gasteiger partial charge in [0, 0.05) is 0 Å². The molecule has 0 spiro atoms. The molecular formula is NiS2Zn. The first-order chi connectivity index (χ1) is 1.00. The van der Waals surface area contributed by atoms with Crippen LogP contribution in [0.5, 0.6) is 0 Å². The summed E-state index contributed by atoms with van der Waals surface area (Å²) in [6, 6.07) is 0. The molecular weight excluding hydrogens is 188 g/mol. The van der Waals surface area contributed by atoms with Gasteiger partial charge in [0.2, 0.25) is 0 Å². The molecule has 0 fully saturated rings. The molecule has 0 bridgehead atoms. The fraction of sp³-hybridized carbons (Fsp3) is 0. The summed E-state index contributed by atoms with van der Waals surface area (Å²) < 4.78 is 0.